The number of amides is 1. The lowest BCUT2D eigenvalue weighted by molar-refractivity contribution is -0.120. The first-order valence-electron chi connectivity index (χ1n) is 8.43. The van der Waals surface area contributed by atoms with E-state index in [1.807, 2.05) is 6.92 Å². The highest BCUT2D eigenvalue weighted by Crippen LogP contribution is 2.27. The van der Waals surface area contributed by atoms with Crippen LogP contribution in [0.4, 0.5) is 5.69 Å². The number of methoxy groups -OCH3 is 1. The van der Waals surface area contributed by atoms with Gasteiger partial charge in [0.15, 0.2) is 0 Å². The van der Waals surface area contributed by atoms with Gasteiger partial charge in [0.05, 0.1) is 13.5 Å². The maximum atomic E-state index is 12.7. The molecular formula is C19H22N2O4S. The van der Waals surface area contributed by atoms with E-state index in [9.17, 15) is 13.2 Å². The van der Waals surface area contributed by atoms with Crippen LogP contribution in [0.3, 0.4) is 0 Å². The van der Waals surface area contributed by atoms with E-state index in [2.05, 4.69) is 10.0 Å². The lowest BCUT2D eigenvalue weighted by Crippen LogP contribution is -2.26. The van der Waals surface area contributed by atoms with Crippen LogP contribution in [0, 0.1) is 6.92 Å². The lowest BCUT2D eigenvalue weighted by atomic mass is 10.1. The summed E-state index contributed by atoms with van der Waals surface area (Å²) < 4.78 is 33.0. The lowest BCUT2D eigenvalue weighted by Gasteiger charge is -2.12. The van der Waals surface area contributed by atoms with Crippen molar-refractivity contribution in [1.29, 1.82) is 0 Å². The Morgan fingerprint density at radius 2 is 1.85 bits per heavy atom. The number of carbonyl (C=O) groups excluding carboxylic acids is 1. The molecule has 0 aliphatic heterocycles. The molecule has 0 unspecified atom stereocenters. The Hall–Kier alpha value is -2.54. The minimum absolute atomic E-state index is 0.00896. The smallest absolute Gasteiger partial charge is 0.265 e. The Bertz CT molecular complexity index is 904. The molecule has 0 spiro atoms. The molecule has 1 aliphatic carbocycles. The molecule has 0 aromatic heterocycles. The van der Waals surface area contributed by atoms with Crippen LogP contribution in [0.15, 0.2) is 47.4 Å². The summed E-state index contributed by atoms with van der Waals surface area (Å²) in [5, 5.41) is 2.93. The van der Waals surface area contributed by atoms with Crippen LogP contribution >= 0.6 is 0 Å². The highest BCUT2D eigenvalue weighted by Gasteiger charge is 2.23. The van der Waals surface area contributed by atoms with E-state index in [1.54, 1.807) is 42.5 Å². The van der Waals surface area contributed by atoms with Crippen molar-refractivity contribution in [1.82, 2.24) is 5.32 Å². The van der Waals surface area contributed by atoms with Gasteiger partial charge in [-0.15, -0.1) is 0 Å². The van der Waals surface area contributed by atoms with E-state index in [-0.39, 0.29) is 23.0 Å². The topological polar surface area (TPSA) is 84.5 Å². The van der Waals surface area contributed by atoms with Crippen LogP contribution < -0.4 is 14.8 Å². The quantitative estimate of drug-likeness (QED) is 0.780. The van der Waals surface area contributed by atoms with Gasteiger partial charge in [-0.2, -0.15) is 0 Å². The predicted molar refractivity (Wildman–Crippen MR) is 99.9 cm³/mol. The second-order valence-electron chi connectivity index (χ2n) is 6.48. The molecule has 2 aromatic carbocycles. The molecule has 1 saturated carbocycles. The molecular weight excluding hydrogens is 352 g/mol. The summed E-state index contributed by atoms with van der Waals surface area (Å²) in [6.07, 6.45) is 2.39. The predicted octanol–water partition coefficient (Wildman–Crippen LogP) is 2.63. The Labute approximate surface area is 153 Å². The van der Waals surface area contributed by atoms with Crippen molar-refractivity contribution in [3.63, 3.8) is 0 Å². The zero-order valence-electron chi connectivity index (χ0n) is 14.8. The first kappa shape index (κ1) is 18.3. The molecule has 1 aliphatic rings. The summed E-state index contributed by atoms with van der Waals surface area (Å²) >= 11 is 0. The fraction of sp³-hybridized carbons (Fsp3) is 0.316. The number of anilines is 1. The maximum Gasteiger partial charge on any atom is 0.265 e. The van der Waals surface area contributed by atoms with Crippen molar-refractivity contribution in [2.75, 3.05) is 11.8 Å². The Balaban J connectivity index is 1.71. The third-order valence-electron chi connectivity index (χ3n) is 4.12. The Kier molecular flexibility index (Phi) is 5.18. The normalized spacial score (nSPS) is 13.9. The van der Waals surface area contributed by atoms with Crippen LogP contribution in [0.5, 0.6) is 5.75 Å². The monoisotopic (exact) mass is 374 g/mol. The summed E-state index contributed by atoms with van der Waals surface area (Å²) in [6, 6.07) is 12.1. The molecule has 2 N–H and O–H groups in total. The van der Waals surface area contributed by atoms with Crippen LogP contribution in [0.2, 0.25) is 0 Å². The number of carbonyl (C=O) groups is 1. The summed E-state index contributed by atoms with van der Waals surface area (Å²) in [7, 11) is -2.34. The van der Waals surface area contributed by atoms with Gasteiger partial charge >= 0.3 is 0 Å². The number of benzene rings is 2. The molecule has 2 aromatic rings. The Morgan fingerprint density at radius 3 is 2.46 bits per heavy atom. The molecule has 138 valence electrons. The first-order chi connectivity index (χ1) is 12.4. The van der Waals surface area contributed by atoms with Gasteiger partial charge in [-0.1, -0.05) is 18.2 Å². The zero-order valence-corrected chi connectivity index (χ0v) is 15.6. The molecule has 3 rings (SSSR count). The standard InChI is InChI=1S/C19H22N2O4S/c1-13-3-10-17(25-2)18(11-13)26(23,24)21-16-6-4-14(5-7-16)12-19(22)20-15-8-9-15/h3-7,10-11,15,21H,8-9,12H2,1-2H3,(H,20,22). The van der Waals surface area contributed by atoms with Crippen LogP contribution in [-0.4, -0.2) is 27.5 Å². The Morgan fingerprint density at radius 1 is 1.15 bits per heavy atom. The number of sulfonamides is 1. The number of rotatable bonds is 7. The average molecular weight is 374 g/mol. The molecule has 0 atom stereocenters. The highest BCUT2D eigenvalue weighted by molar-refractivity contribution is 7.92. The van der Waals surface area contributed by atoms with Crippen molar-refractivity contribution in [3.05, 3.63) is 53.6 Å². The summed E-state index contributed by atoms with van der Waals surface area (Å²) in [4.78, 5) is 11.9. The van der Waals surface area contributed by atoms with E-state index < -0.39 is 10.0 Å². The zero-order chi connectivity index (χ0) is 18.7. The number of aryl methyl sites for hydroxylation is 1. The van der Waals surface area contributed by atoms with E-state index in [1.165, 1.54) is 7.11 Å². The molecule has 1 fully saturated rings. The molecule has 7 heteroatoms. The van der Waals surface area contributed by atoms with Crippen LogP contribution in [-0.2, 0) is 21.2 Å². The SMILES string of the molecule is COc1ccc(C)cc1S(=O)(=O)Nc1ccc(CC(=O)NC2CC2)cc1. The van der Waals surface area contributed by atoms with Gasteiger partial charge in [0.1, 0.15) is 10.6 Å². The molecule has 0 saturated heterocycles. The third kappa shape index (κ3) is 4.54. The van der Waals surface area contributed by atoms with Crippen molar-refractivity contribution in [2.45, 2.75) is 37.1 Å². The minimum Gasteiger partial charge on any atom is -0.495 e. The second-order valence-corrected chi connectivity index (χ2v) is 8.13. The second kappa shape index (κ2) is 7.37. The van der Waals surface area contributed by atoms with Crippen molar-refractivity contribution < 1.29 is 17.9 Å². The van der Waals surface area contributed by atoms with Gasteiger partial charge in [-0.05, 0) is 55.2 Å². The van der Waals surface area contributed by atoms with Gasteiger partial charge in [0, 0.05) is 11.7 Å². The maximum absolute atomic E-state index is 12.7. The molecule has 26 heavy (non-hydrogen) atoms. The number of ether oxygens (including phenoxy) is 1. The van der Waals surface area contributed by atoms with Crippen LogP contribution in [0.1, 0.15) is 24.0 Å². The molecule has 0 bridgehead atoms. The van der Waals surface area contributed by atoms with Gasteiger partial charge in [-0.3, -0.25) is 9.52 Å². The summed E-state index contributed by atoms with van der Waals surface area (Å²) in [6.45, 7) is 1.82. The summed E-state index contributed by atoms with van der Waals surface area (Å²) in [5.41, 5.74) is 2.09. The van der Waals surface area contributed by atoms with Crippen molar-refractivity contribution in [3.8, 4) is 5.75 Å². The molecule has 6 nitrogen and oxygen atoms in total. The van der Waals surface area contributed by atoms with E-state index in [0.29, 0.717) is 11.7 Å². The number of hydrogen-bond donors (Lipinski definition) is 2. The van der Waals surface area contributed by atoms with Gasteiger partial charge in [0.25, 0.3) is 10.0 Å². The summed E-state index contributed by atoms with van der Waals surface area (Å²) in [5.74, 6) is 0.279. The van der Waals surface area contributed by atoms with E-state index >= 15 is 0 Å². The largest absolute Gasteiger partial charge is 0.495 e. The first-order valence-corrected chi connectivity index (χ1v) is 9.91. The van der Waals surface area contributed by atoms with E-state index in [4.69, 9.17) is 4.74 Å². The van der Waals surface area contributed by atoms with Gasteiger partial charge < -0.3 is 10.1 Å². The van der Waals surface area contributed by atoms with Gasteiger partial charge in [-0.25, -0.2) is 8.42 Å². The van der Waals surface area contributed by atoms with Crippen LogP contribution in [0.25, 0.3) is 0 Å². The fourth-order valence-electron chi connectivity index (χ4n) is 2.59. The molecule has 0 radical (unpaired) electrons. The number of hydrogen-bond acceptors (Lipinski definition) is 4. The van der Waals surface area contributed by atoms with Crippen molar-refractivity contribution >= 4 is 21.6 Å². The third-order valence-corrected chi connectivity index (χ3v) is 5.52. The average Bonchev–Trinajstić information content (AvgIpc) is 3.40. The van der Waals surface area contributed by atoms with Crippen molar-refractivity contribution in [2.24, 2.45) is 0 Å². The van der Waals surface area contributed by atoms with Gasteiger partial charge in [0.2, 0.25) is 5.91 Å². The minimum atomic E-state index is -3.78. The van der Waals surface area contributed by atoms with E-state index in [0.717, 1.165) is 24.0 Å². The number of nitrogens with one attached hydrogen (secondary N) is 2. The molecule has 1 amide bonds. The molecule has 0 heterocycles. The fourth-order valence-corrected chi connectivity index (χ4v) is 3.90. The highest BCUT2D eigenvalue weighted by atomic mass is 32.2.